The number of aromatic nitrogens is 3. The lowest BCUT2D eigenvalue weighted by molar-refractivity contribution is 0.0500. The highest BCUT2D eigenvalue weighted by Crippen LogP contribution is 2.35. The van der Waals surface area contributed by atoms with Crippen LogP contribution in [0.2, 0.25) is 0 Å². The fraction of sp³-hybridized carbons (Fsp3) is 0.565. The van der Waals surface area contributed by atoms with Crippen LogP contribution in [0.4, 0.5) is 22.1 Å². The quantitative estimate of drug-likeness (QED) is 0.475. The van der Waals surface area contributed by atoms with Crippen LogP contribution in [0.5, 0.6) is 11.6 Å². The molecule has 2 aromatic heterocycles. The Balaban J connectivity index is 1.64. The van der Waals surface area contributed by atoms with Crippen molar-refractivity contribution in [1.29, 1.82) is 0 Å². The van der Waals surface area contributed by atoms with Crippen LogP contribution in [0.1, 0.15) is 32.4 Å². The van der Waals surface area contributed by atoms with Crippen molar-refractivity contribution in [3.63, 3.8) is 0 Å². The fourth-order valence-corrected chi connectivity index (χ4v) is 4.06. The molecule has 198 valence electrons. The van der Waals surface area contributed by atoms with Gasteiger partial charge in [0.05, 0.1) is 30.3 Å². The number of carbonyl (C=O) groups is 1. The van der Waals surface area contributed by atoms with Gasteiger partial charge < -0.3 is 29.7 Å². The highest BCUT2D eigenvalue weighted by atomic mass is 32.2. The summed E-state index contributed by atoms with van der Waals surface area (Å²) in [5.41, 5.74) is 1.38. The molecule has 1 aliphatic heterocycles. The third-order valence-corrected chi connectivity index (χ3v) is 6.35. The number of sulfone groups is 1. The number of amides is 1. The van der Waals surface area contributed by atoms with E-state index in [1.54, 1.807) is 11.0 Å². The lowest BCUT2D eigenvalue weighted by Crippen LogP contribution is -2.42. The van der Waals surface area contributed by atoms with Gasteiger partial charge in [-0.25, -0.2) is 23.2 Å². The van der Waals surface area contributed by atoms with Crippen molar-refractivity contribution in [2.24, 2.45) is 0 Å². The minimum absolute atomic E-state index is 0.0235. The summed E-state index contributed by atoms with van der Waals surface area (Å²) < 4.78 is 39.6. The van der Waals surface area contributed by atoms with Crippen LogP contribution >= 0.6 is 0 Å². The zero-order chi connectivity index (χ0) is 26.3. The number of likely N-dealkylation sites (tertiary alicyclic amines) is 1. The summed E-state index contributed by atoms with van der Waals surface area (Å²) in [5, 5.41) is 6.21. The van der Waals surface area contributed by atoms with E-state index in [-0.39, 0.29) is 30.6 Å². The van der Waals surface area contributed by atoms with Gasteiger partial charge in [0.2, 0.25) is 5.75 Å². The molecule has 12 nitrogen and oxygen atoms in total. The Bertz CT molecular complexity index is 1150. The Kier molecular flexibility index (Phi) is 9.13. The minimum Gasteiger partial charge on any atom is -0.489 e. The van der Waals surface area contributed by atoms with E-state index in [1.807, 2.05) is 26.8 Å². The van der Waals surface area contributed by atoms with Gasteiger partial charge in [0.15, 0.2) is 5.82 Å². The van der Waals surface area contributed by atoms with E-state index >= 15 is 0 Å². The number of rotatable bonds is 10. The zero-order valence-corrected chi connectivity index (χ0v) is 22.1. The maximum atomic E-state index is 12.1. The van der Waals surface area contributed by atoms with Gasteiger partial charge >= 0.3 is 6.09 Å². The van der Waals surface area contributed by atoms with E-state index in [4.69, 9.17) is 14.2 Å². The van der Waals surface area contributed by atoms with Crippen LogP contribution in [-0.4, -0.2) is 85.3 Å². The molecule has 0 bridgehead atoms. The predicted octanol–water partition coefficient (Wildman–Crippen LogP) is 2.78. The number of methoxy groups -OCH3 is 1. The van der Waals surface area contributed by atoms with E-state index in [2.05, 4.69) is 25.6 Å². The van der Waals surface area contributed by atoms with Crippen LogP contribution in [0.25, 0.3) is 0 Å². The van der Waals surface area contributed by atoms with Crippen molar-refractivity contribution < 1.29 is 27.4 Å². The van der Waals surface area contributed by atoms with Crippen molar-refractivity contribution in [2.75, 3.05) is 49.4 Å². The molecule has 2 N–H and O–H groups in total. The number of ether oxygens (including phenoxy) is 3. The maximum absolute atomic E-state index is 12.1. The normalized spacial score (nSPS) is 14.4. The first-order chi connectivity index (χ1) is 17.1. The first-order valence-corrected chi connectivity index (χ1v) is 13.8. The van der Waals surface area contributed by atoms with Gasteiger partial charge in [-0.05, 0) is 32.9 Å². The van der Waals surface area contributed by atoms with Gasteiger partial charge in [0.1, 0.15) is 28.1 Å². The highest BCUT2D eigenvalue weighted by molar-refractivity contribution is 7.90. The highest BCUT2D eigenvalue weighted by Gasteiger charge is 2.27. The molecule has 36 heavy (non-hydrogen) atoms. The number of nitrogens with zero attached hydrogens (tertiary/aromatic N) is 4. The number of hydrogen-bond donors (Lipinski definition) is 2. The molecule has 1 fully saturated rings. The first kappa shape index (κ1) is 27.2. The van der Waals surface area contributed by atoms with E-state index < -0.39 is 9.84 Å². The molecular formula is C23H34N6O6S. The van der Waals surface area contributed by atoms with Crippen molar-refractivity contribution in [3.8, 4) is 11.6 Å². The van der Waals surface area contributed by atoms with Crippen LogP contribution in [0.15, 0.2) is 18.5 Å². The Morgan fingerprint density at radius 1 is 1.22 bits per heavy atom. The smallest absolute Gasteiger partial charge is 0.410 e. The number of anilines is 3. The third kappa shape index (κ3) is 7.83. The molecule has 0 spiro atoms. The number of aryl methyl sites for hydroxylation is 1. The molecule has 3 heterocycles. The van der Waals surface area contributed by atoms with E-state index in [0.29, 0.717) is 60.6 Å². The molecule has 0 aliphatic carbocycles. The molecular weight excluding hydrogens is 488 g/mol. The second kappa shape index (κ2) is 12.1. The van der Waals surface area contributed by atoms with Crippen molar-refractivity contribution >= 4 is 33.3 Å². The van der Waals surface area contributed by atoms with Crippen LogP contribution in [-0.2, 0) is 14.6 Å². The molecule has 0 unspecified atom stereocenters. The number of nitrogens with one attached hydrogen (secondary N) is 2. The second-order valence-corrected chi connectivity index (χ2v) is 11.1. The lowest BCUT2D eigenvalue weighted by Gasteiger charge is -2.31. The topological polar surface area (TPSA) is 145 Å². The monoisotopic (exact) mass is 522 g/mol. The summed E-state index contributed by atoms with van der Waals surface area (Å²) in [7, 11) is -1.54. The summed E-state index contributed by atoms with van der Waals surface area (Å²) in [6.45, 7) is 6.81. The van der Waals surface area contributed by atoms with E-state index in [0.717, 1.165) is 0 Å². The molecule has 0 atom stereocenters. The van der Waals surface area contributed by atoms with Gasteiger partial charge in [-0.15, -0.1) is 0 Å². The van der Waals surface area contributed by atoms with E-state index in [1.165, 1.54) is 19.7 Å². The van der Waals surface area contributed by atoms with Crippen molar-refractivity contribution in [1.82, 2.24) is 19.9 Å². The summed E-state index contributed by atoms with van der Waals surface area (Å²) in [4.78, 5) is 26.8. The molecule has 0 aromatic carbocycles. The SMILES string of the molecule is COc1c(Nc2ccc(NCCS(C)(=O)=O)nc2C)ncnc1OC1CCN(C(=O)OC(C)C)CC1. The Labute approximate surface area is 211 Å². The van der Waals surface area contributed by atoms with Gasteiger partial charge in [-0.3, -0.25) is 0 Å². The molecule has 3 rings (SSSR count). The van der Waals surface area contributed by atoms with Crippen molar-refractivity contribution in [3.05, 3.63) is 24.2 Å². The zero-order valence-electron chi connectivity index (χ0n) is 21.3. The largest absolute Gasteiger partial charge is 0.489 e. The molecule has 0 radical (unpaired) electrons. The van der Waals surface area contributed by atoms with Crippen LogP contribution in [0, 0.1) is 6.92 Å². The van der Waals surface area contributed by atoms with Gasteiger partial charge in [-0.2, -0.15) is 4.98 Å². The number of carbonyl (C=O) groups excluding carboxylic acids is 1. The van der Waals surface area contributed by atoms with Gasteiger partial charge in [-0.1, -0.05) is 0 Å². The predicted molar refractivity (Wildman–Crippen MR) is 136 cm³/mol. The number of hydrogen-bond acceptors (Lipinski definition) is 11. The molecule has 1 amide bonds. The number of pyridine rings is 1. The maximum Gasteiger partial charge on any atom is 0.410 e. The van der Waals surface area contributed by atoms with Gasteiger partial charge in [0, 0.05) is 38.7 Å². The molecule has 1 saturated heterocycles. The van der Waals surface area contributed by atoms with Crippen LogP contribution in [0.3, 0.4) is 0 Å². The average Bonchev–Trinajstić information content (AvgIpc) is 2.80. The third-order valence-electron chi connectivity index (χ3n) is 5.41. The number of piperidine rings is 1. The Morgan fingerprint density at radius 3 is 2.56 bits per heavy atom. The fourth-order valence-electron chi connectivity index (χ4n) is 3.59. The van der Waals surface area contributed by atoms with E-state index in [9.17, 15) is 13.2 Å². The lowest BCUT2D eigenvalue weighted by atomic mass is 10.1. The Hall–Kier alpha value is -3.35. The second-order valence-electron chi connectivity index (χ2n) is 8.81. The molecule has 1 aliphatic rings. The summed E-state index contributed by atoms with van der Waals surface area (Å²) >= 11 is 0. The van der Waals surface area contributed by atoms with Gasteiger partial charge in [0.25, 0.3) is 5.88 Å². The van der Waals surface area contributed by atoms with Crippen LogP contribution < -0.4 is 20.1 Å². The van der Waals surface area contributed by atoms with Crippen molar-refractivity contribution in [2.45, 2.75) is 45.8 Å². The standard InChI is InChI=1S/C23H34N6O6S/c1-15(2)34-23(30)29-11-8-17(9-12-29)35-22-20(33-4)21(25-14-26-22)28-18-6-7-19(27-16(18)3)24-10-13-36(5,31)32/h6-7,14-15,17H,8-13H2,1-5H3,(H,24,27)(H,25,26,28). The summed E-state index contributed by atoms with van der Waals surface area (Å²) in [6.07, 6.45) is 3.26. The first-order valence-electron chi connectivity index (χ1n) is 11.7. The average molecular weight is 523 g/mol. The molecule has 2 aromatic rings. The minimum atomic E-state index is -3.05. The summed E-state index contributed by atoms with van der Waals surface area (Å²) in [6, 6.07) is 3.57. The summed E-state index contributed by atoms with van der Waals surface area (Å²) in [5.74, 6) is 1.68. The Morgan fingerprint density at radius 2 is 1.94 bits per heavy atom. The molecule has 13 heteroatoms. The molecule has 0 saturated carbocycles.